The Balaban J connectivity index is 1.60. The lowest BCUT2D eigenvalue weighted by Gasteiger charge is -2.41. The molecular formula is C19H22ClF3N4O4. The highest BCUT2D eigenvalue weighted by molar-refractivity contribution is 6.32. The van der Waals surface area contributed by atoms with E-state index in [0.29, 0.717) is 25.3 Å². The van der Waals surface area contributed by atoms with Crippen LogP contribution in [0.2, 0.25) is 5.02 Å². The number of alkyl halides is 3. The molecule has 0 spiro atoms. The van der Waals surface area contributed by atoms with Gasteiger partial charge in [0, 0.05) is 43.9 Å². The number of carbonyl (C=O) groups excluding carboxylic acids is 3. The van der Waals surface area contributed by atoms with Crippen LogP contribution in [0, 0.1) is 0 Å². The Morgan fingerprint density at radius 1 is 1.32 bits per heavy atom. The minimum atomic E-state index is -4.86. The van der Waals surface area contributed by atoms with Crippen LogP contribution < -0.4 is 20.3 Å². The number of rotatable bonds is 5. The molecule has 8 nitrogen and oxygen atoms in total. The second-order valence-corrected chi connectivity index (χ2v) is 8.19. The zero-order valence-corrected chi connectivity index (χ0v) is 17.6. The van der Waals surface area contributed by atoms with E-state index in [-0.39, 0.29) is 29.8 Å². The van der Waals surface area contributed by atoms with E-state index in [2.05, 4.69) is 15.4 Å². The Bertz CT molecular complexity index is 897. The van der Waals surface area contributed by atoms with Crippen molar-refractivity contribution in [2.45, 2.75) is 44.6 Å². The Hall–Kier alpha value is -2.69. The minimum Gasteiger partial charge on any atom is -0.404 e. The van der Waals surface area contributed by atoms with Crippen LogP contribution in [-0.2, 0) is 9.59 Å². The maximum absolute atomic E-state index is 12.6. The summed E-state index contributed by atoms with van der Waals surface area (Å²) < 4.78 is 41.7. The number of carbonyl (C=O) groups is 3. The number of urea groups is 1. The first kappa shape index (κ1) is 23.0. The normalized spacial score (nSPS) is 24.1. The van der Waals surface area contributed by atoms with Crippen LogP contribution in [0.25, 0.3) is 0 Å². The molecule has 0 radical (unpaired) electrons. The standard InChI is InChI=1S/C19H22ClF3N4O4/c1-11-10-26(15(28)5-6-18(2)16(29)24-17(30)25-18)7-8-27(11)12-3-4-13(20)14(9-12)31-19(21,22)23/h3-4,9,11H,5-8,10H2,1-2H3,(H2,24,25,29,30)/t11-,18+/m0/s1. The smallest absolute Gasteiger partial charge is 0.404 e. The number of amides is 4. The summed E-state index contributed by atoms with van der Waals surface area (Å²) in [6, 6.07) is 3.40. The van der Waals surface area contributed by atoms with Gasteiger partial charge in [0.05, 0.1) is 5.02 Å². The summed E-state index contributed by atoms with van der Waals surface area (Å²) >= 11 is 5.81. The van der Waals surface area contributed by atoms with Crippen molar-refractivity contribution in [1.29, 1.82) is 0 Å². The fourth-order valence-corrected chi connectivity index (χ4v) is 3.87. The number of nitrogens with one attached hydrogen (secondary N) is 2. The number of nitrogens with zero attached hydrogens (tertiary/aromatic N) is 2. The van der Waals surface area contributed by atoms with E-state index >= 15 is 0 Å². The van der Waals surface area contributed by atoms with Gasteiger partial charge in [-0.25, -0.2) is 4.79 Å². The third kappa shape index (κ3) is 5.33. The molecule has 0 aliphatic carbocycles. The molecule has 2 heterocycles. The molecule has 2 fully saturated rings. The van der Waals surface area contributed by atoms with E-state index in [0.717, 1.165) is 0 Å². The predicted molar refractivity (Wildman–Crippen MR) is 106 cm³/mol. The van der Waals surface area contributed by atoms with Gasteiger partial charge < -0.3 is 19.9 Å². The Morgan fingerprint density at radius 3 is 2.61 bits per heavy atom. The van der Waals surface area contributed by atoms with Gasteiger partial charge in [-0.1, -0.05) is 11.6 Å². The molecule has 2 atom stereocenters. The third-order valence-corrected chi connectivity index (χ3v) is 5.72. The summed E-state index contributed by atoms with van der Waals surface area (Å²) in [4.78, 5) is 39.3. The third-order valence-electron chi connectivity index (χ3n) is 5.41. The number of imide groups is 1. The zero-order chi connectivity index (χ0) is 23.0. The molecule has 2 N–H and O–H groups in total. The van der Waals surface area contributed by atoms with Gasteiger partial charge >= 0.3 is 12.4 Å². The molecule has 31 heavy (non-hydrogen) atoms. The van der Waals surface area contributed by atoms with Gasteiger partial charge in [0.25, 0.3) is 5.91 Å². The first-order chi connectivity index (χ1) is 14.4. The van der Waals surface area contributed by atoms with Gasteiger partial charge in [0.1, 0.15) is 11.3 Å². The molecule has 2 saturated heterocycles. The van der Waals surface area contributed by atoms with Crippen molar-refractivity contribution in [2.75, 3.05) is 24.5 Å². The van der Waals surface area contributed by atoms with Crippen LogP contribution in [0.5, 0.6) is 5.75 Å². The van der Waals surface area contributed by atoms with Crippen molar-refractivity contribution in [1.82, 2.24) is 15.5 Å². The van der Waals surface area contributed by atoms with Crippen LogP contribution in [0.1, 0.15) is 26.7 Å². The van der Waals surface area contributed by atoms with Crippen LogP contribution in [0.4, 0.5) is 23.7 Å². The molecule has 0 unspecified atom stereocenters. The van der Waals surface area contributed by atoms with Gasteiger partial charge in [-0.2, -0.15) is 0 Å². The minimum absolute atomic E-state index is 0.0709. The van der Waals surface area contributed by atoms with Crippen LogP contribution >= 0.6 is 11.6 Å². The van der Waals surface area contributed by atoms with Crippen molar-refractivity contribution in [3.05, 3.63) is 23.2 Å². The number of anilines is 1. The van der Waals surface area contributed by atoms with E-state index in [9.17, 15) is 27.6 Å². The van der Waals surface area contributed by atoms with Crippen LogP contribution in [-0.4, -0.2) is 60.3 Å². The van der Waals surface area contributed by atoms with Crippen molar-refractivity contribution in [3.8, 4) is 5.75 Å². The summed E-state index contributed by atoms with van der Waals surface area (Å²) in [6.45, 7) is 4.52. The summed E-state index contributed by atoms with van der Waals surface area (Å²) in [7, 11) is 0. The topological polar surface area (TPSA) is 91.0 Å². The quantitative estimate of drug-likeness (QED) is 0.656. The fraction of sp³-hybridized carbons (Fsp3) is 0.526. The average Bonchev–Trinajstić information content (AvgIpc) is 2.92. The monoisotopic (exact) mass is 462 g/mol. The molecule has 2 aliphatic heterocycles. The predicted octanol–water partition coefficient (Wildman–Crippen LogP) is 2.65. The molecule has 1 aromatic carbocycles. The highest BCUT2D eigenvalue weighted by Crippen LogP contribution is 2.34. The van der Waals surface area contributed by atoms with Crippen LogP contribution in [0.3, 0.4) is 0 Å². The summed E-state index contributed by atoms with van der Waals surface area (Å²) in [6.07, 6.45) is -4.62. The Morgan fingerprint density at radius 2 is 2.03 bits per heavy atom. The lowest BCUT2D eigenvalue weighted by Crippen LogP contribution is -2.54. The Labute approximate surface area is 181 Å². The molecule has 0 bridgehead atoms. The van der Waals surface area contributed by atoms with Gasteiger partial charge in [0.2, 0.25) is 5.91 Å². The second kappa shape index (κ2) is 8.45. The van der Waals surface area contributed by atoms with E-state index in [1.54, 1.807) is 17.9 Å². The van der Waals surface area contributed by atoms with Crippen molar-refractivity contribution < 1.29 is 32.3 Å². The highest BCUT2D eigenvalue weighted by Gasteiger charge is 2.42. The molecule has 1 aromatic rings. The maximum Gasteiger partial charge on any atom is 0.573 e. The number of hydrogen-bond donors (Lipinski definition) is 2. The first-order valence-corrected chi connectivity index (χ1v) is 9.99. The average molecular weight is 463 g/mol. The molecule has 12 heteroatoms. The van der Waals surface area contributed by atoms with Gasteiger partial charge in [-0.05, 0) is 32.4 Å². The maximum atomic E-state index is 12.6. The fourth-order valence-electron chi connectivity index (χ4n) is 3.71. The van der Waals surface area contributed by atoms with E-state index in [1.807, 2.05) is 11.8 Å². The lowest BCUT2D eigenvalue weighted by atomic mass is 9.95. The summed E-state index contributed by atoms with van der Waals surface area (Å²) in [5.74, 6) is -1.12. The zero-order valence-electron chi connectivity index (χ0n) is 16.9. The number of benzene rings is 1. The summed E-state index contributed by atoms with van der Waals surface area (Å²) in [5, 5.41) is 4.52. The molecule has 3 rings (SSSR count). The van der Waals surface area contributed by atoms with Crippen molar-refractivity contribution in [3.63, 3.8) is 0 Å². The number of piperazine rings is 1. The molecular weight excluding hydrogens is 441 g/mol. The number of hydrogen-bond acceptors (Lipinski definition) is 5. The molecule has 4 amide bonds. The lowest BCUT2D eigenvalue weighted by molar-refractivity contribution is -0.274. The van der Waals surface area contributed by atoms with E-state index in [4.69, 9.17) is 11.6 Å². The second-order valence-electron chi connectivity index (χ2n) is 7.79. The molecule has 0 saturated carbocycles. The first-order valence-electron chi connectivity index (χ1n) is 9.61. The largest absolute Gasteiger partial charge is 0.573 e. The van der Waals surface area contributed by atoms with E-state index in [1.165, 1.54) is 12.1 Å². The van der Waals surface area contributed by atoms with Gasteiger partial charge in [0.15, 0.2) is 0 Å². The molecule has 2 aliphatic rings. The van der Waals surface area contributed by atoms with Crippen LogP contribution in [0.15, 0.2) is 18.2 Å². The number of halogens is 4. The highest BCUT2D eigenvalue weighted by atomic mass is 35.5. The van der Waals surface area contributed by atoms with Crippen molar-refractivity contribution >= 4 is 35.1 Å². The van der Waals surface area contributed by atoms with Crippen molar-refractivity contribution in [2.24, 2.45) is 0 Å². The molecule has 0 aromatic heterocycles. The van der Waals surface area contributed by atoms with E-state index < -0.39 is 29.6 Å². The summed E-state index contributed by atoms with van der Waals surface area (Å²) in [5.41, 5.74) is -0.626. The van der Waals surface area contributed by atoms with Gasteiger partial charge in [-0.3, -0.25) is 14.9 Å². The van der Waals surface area contributed by atoms with Gasteiger partial charge in [-0.15, -0.1) is 13.2 Å². The molecule has 170 valence electrons. The SMILES string of the molecule is C[C@H]1CN(C(=O)CC[C@@]2(C)NC(=O)NC2=O)CCN1c1ccc(Cl)c(OC(F)(F)F)c1. The number of ether oxygens (including phenoxy) is 1. The Kier molecular flexibility index (Phi) is 6.26.